The average Bonchev–Trinajstić information content (AvgIpc) is 3.41. The molecule has 0 amide bonds. The molecule has 1 aliphatic rings. The molecule has 8 heteroatoms. The van der Waals surface area contributed by atoms with Crippen molar-refractivity contribution in [2.24, 2.45) is 11.6 Å². The highest BCUT2D eigenvalue weighted by molar-refractivity contribution is 5.92. The molecule has 8 nitrogen and oxygen atoms in total. The number of hydrogen-bond donors (Lipinski definition) is 3. The Hall–Kier alpha value is -3.36. The largest absolute Gasteiger partial charge is 0.400 e. The molecule has 1 saturated heterocycles. The zero-order valence-electron chi connectivity index (χ0n) is 21.1. The number of likely N-dealkylation sites (tertiary alicyclic amines) is 1. The van der Waals surface area contributed by atoms with Gasteiger partial charge in [-0.15, -0.1) is 0 Å². The lowest BCUT2D eigenvalue weighted by atomic mass is 9.87. The van der Waals surface area contributed by atoms with Crippen molar-refractivity contribution in [1.82, 2.24) is 29.5 Å². The Balaban J connectivity index is 1.44. The zero-order chi connectivity index (χ0) is 24.7. The van der Waals surface area contributed by atoms with Crippen molar-refractivity contribution in [2.45, 2.75) is 45.4 Å². The SMILES string of the molecule is Cc1cc2ncnn2cc1-c1[nH]c2ccc(C3CCN(C/C(N)=C/N(C)N)CC3)cc2c1C(C)C. The third kappa shape index (κ3) is 4.63. The molecule has 1 aromatic carbocycles. The summed E-state index contributed by atoms with van der Waals surface area (Å²) in [6.45, 7) is 9.54. The predicted molar refractivity (Wildman–Crippen MR) is 142 cm³/mol. The van der Waals surface area contributed by atoms with E-state index < -0.39 is 0 Å². The Morgan fingerprint density at radius 1 is 1.26 bits per heavy atom. The van der Waals surface area contributed by atoms with Gasteiger partial charge in [0.1, 0.15) is 6.33 Å². The van der Waals surface area contributed by atoms with Gasteiger partial charge in [0.2, 0.25) is 0 Å². The van der Waals surface area contributed by atoms with Crippen LogP contribution in [-0.2, 0) is 0 Å². The van der Waals surface area contributed by atoms with E-state index in [2.05, 4.69) is 71.2 Å². The first-order valence-corrected chi connectivity index (χ1v) is 12.4. The smallest absolute Gasteiger partial charge is 0.155 e. The number of hydrazine groups is 1. The Morgan fingerprint density at radius 2 is 2.03 bits per heavy atom. The maximum atomic E-state index is 6.13. The third-order valence-electron chi connectivity index (χ3n) is 7.17. The standard InChI is InChI=1S/C27H36N8/c1-17(2)26-22-12-20(19-7-9-34(10-8-19)14-21(28)13-33(4)29)5-6-24(22)32-27(26)23-15-35-25(11-18(23)3)30-16-31-35/h5-6,11-13,15-17,19,32H,7-10,14,28-29H2,1-4H3/b21-13-. The highest BCUT2D eigenvalue weighted by atomic mass is 15.4. The molecule has 0 aliphatic carbocycles. The van der Waals surface area contributed by atoms with Crippen molar-refractivity contribution in [3.8, 4) is 11.3 Å². The number of rotatable bonds is 6. The van der Waals surface area contributed by atoms with Gasteiger partial charge in [-0.05, 0) is 79.6 Å². The van der Waals surface area contributed by atoms with Crippen LogP contribution in [0.1, 0.15) is 55.2 Å². The summed E-state index contributed by atoms with van der Waals surface area (Å²) in [6.07, 6.45) is 7.75. The maximum absolute atomic E-state index is 6.13. The number of piperidine rings is 1. The molecule has 0 spiro atoms. The number of fused-ring (bicyclic) bond motifs is 2. The van der Waals surface area contributed by atoms with Gasteiger partial charge in [-0.1, -0.05) is 19.9 Å². The van der Waals surface area contributed by atoms with Crippen LogP contribution in [0.5, 0.6) is 0 Å². The molecule has 4 aromatic rings. The molecular formula is C27H36N8. The lowest BCUT2D eigenvalue weighted by molar-refractivity contribution is 0.226. The third-order valence-corrected chi connectivity index (χ3v) is 7.17. The van der Waals surface area contributed by atoms with Crippen LogP contribution in [0.4, 0.5) is 0 Å². The van der Waals surface area contributed by atoms with Gasteiger partial charge in [-0.25, -0.2) is 15.3 Å². The van der Waals surface area contributed by atoms with Crippen molar-refractivity contribution >= 4 is 16.6 Å². The second-order valence-corrected chi connectivity index (χ2v) is 10.2. The molecule has 0 unspecified atom stereocenters. The Kier molecular flexibility index (Phi) is 6.25. The van der Waals surface area contributed by atoms with Gasteiger partial charge in [0.05, 0.1) is 5.69 Å². The Labute approximate surface area is 206 Å². The van der Waals surface area contributed by atoms with E-state index in [-0.39, 0.29) is 0 Å². The van der Waals surface area contributed by atoms with Crippen molar-refractivity contribution in [3.63, 3.8) is 0 Å². The summed E-state index contributed by atoms with van der Waals surface area (Å²) in [5.41, 5.74) is 15.3. The molecule has 4 heterocycles. The van der Waals surface area contributed by atoms with Crippen LogP contribution in [0.2, 0.25) is 0 Å². The number of hydrogen-bond acceptors (Lipinski definition) is 6. The maximum Gasteiger partial charge on any atom is 0.155 e. The quantitative estimate of drug-likeness (QED) is 0.288. The van der Waals surface area contributed by atoms with Gasteiger partial charge in [-0.2, -0.15) is 5.10 Å². The molecule has 1 aliphatic heterocycles. The van der Waals surface area contributed by atoms with Crippen LogP contribution in [0.25, 0.3) is 27.8 Å². The fourth-order valence-electron chi connectivity index (χ4n) is 5.50. The van der Waals surface area contributed by atoms with E-state index in [4.69, 9.17) is 11.6 Å². The van der Waals surface area contributed by atoms with Crippen LogP contribution in [-0.4, -0.2) is 56.2 Å². The lowest BCUT2D eigenvalue weighted by Gasteiger charge is -2.32. The zero-order valence-corrected chi connectivity index (χ0v) is 21.1. The second-order valence-electron chi connectivity index (χ2n) is 10.2. The first-order valence-electron chi connectivity index (χ1n) is 12.4. The average molecular weight is 473 g/mol. The summed E-state index contributed by atoms with van der Waals surface area (Å²) in [7, 11) is 1.79. The van der Waals surface area contributed by atoms with Gasteiger partial charge in [0.25, 0.3) is 0 Å². The van der Waals surface area contributed by atoms with Gasteiger partial charge in [0.15, 0.2) is 5.65 Å². The highest BCUT2D eigenvalue weighted by Crippen LogP contribution is 2.39. The van der Waals surface area contributed by atoms with E-state index in [1.54, 1.807) is 19.6 Å². The first-order chi connectivity index (χ1) is 16.8. The van der Waals surface area contributed by atoms with Crippen LogP contribution in [0, 0.1) is 6.92 Å². The van der Waals surface area contributed by atoms with E-state index in [0.717, 1.165) is 43.8 Å². The van der Waals surface area contributed by atoms with Crippen LogP contribution in [0.3, 0.4) is 0 Å². The minimum atomic E-state index is 0.386. The molecule has 184 valence electrons. The number of pyridine rings is 1. The molecular weight excluding hydrogens is 436 g/mol. The Morgan fingerprint density at radius 3 is 2.74 bits per heavy atom. The molecule has 0 radical (unpaired) electrons. The summed E-state index contributed by atoms with van der Waals surface area (Å²) < 4.78 is 1.85. The predicted octanol–water partition coefficient (Wildman–Crippen LogP) is 4.09. The number of benzene rings is 1. The summed E-state index contributed by atoms with van der Waals surface area (Å²) in [6, 6.07) is 9.09. The summed E-state index contributed by atoms with van der Waals surface area (Å²) >= 11 is 0. The number of nitrogens with two attached hydrogens (primary N) is 2. The number of aryl methyl sites for hydroxylation is 1. The normalized spacial score (nSPS) is 16.1. The van der Waals surface area contributed by atoms with Crippen LogP contribution >= 0.6 is 0 Å². The summed E-state index contributed by atoms with van der Waals surface area (Å²) in [4.78, 5) is 10.5. The van der Waals surface area contributed by atoms with Gasteiger partial charge >= 0.3 is 0 Å². The molecule has 1 fully saturated rings. The molecule has 0 atom stereocenters. The van der Waals surface area contributed by atoms with Crippen molar-refractivity contribution in [1.29, 1.82) is 0 Å². The number of aromatic amines is 1. The fraction of sp³-hybridized carbons (Fsp3) is 0.407. The van der Waals surface area contributed by atoms with Gasteiger partial charge < -0.3 is 15.7 Å². The van der Waals surface area contributed by atoms with Gasteiger partial charge in [-0.3, -0.25) is 4.90 Å². The molecule has 5 rings (SSSR count). The molecule has 3 aromatic heterocycles. The fourth-order valence-corrected chi connectivity index (χ4v) is 5.50. The minimum Gasteiger partial charge on any atom is -0.400 e. The number of nitrogens with one attached hydrogen (secondary N) is 1. The monoisotopic (exact) mass is 472 g/mol. The topological polar surface area (TPSA) is 104 Å². The Bertz CT molecular complexity index is 1370. The van der Waals surface area contributed by atoms with Crippen LogP contribution in [0.15, 0.2) is 48.7 Å². The van der Waals surface area contributed by atoms with E-state index in [9.17, 15) is 0 Å². The van der Waals surface area contributed by atoms with Crippen molar-refractivity contribution < 1.29 is 0 Å². The van der Waals surface area contributed by atoms with E-state index >= 15 is 0 Å². The molecule has 0 bridgehead atoms. The molecule has 35 heavy (non-hydrogen) atoms. The van der Waals surface area contributed by atoms with E-state index in [1.165, 1.54) is 43.9 Å². The van der Waals surface area contributed by atoms with Crippen molar-refractivity contribution in [2.75, 3.05) is 26.7 Å². The number of aromatic nitrogens is 4. The van der Waals surface area contributed by atoms with Crippen LogP contribution < -0.4 is 11.6 Å². The summed E-state index contributed by atoms with van der Waals surface area (Å²) in [5, 5.41) is 7.19. The number of nitrogens with zero attached hydrogens (tertiary/aromatic N) is 5. The first kappa shape index (κ1) is 23.4. The van der Waals surface area contributed by atoms with Crippen molar-refractivity contribution in [3.05, 3.63) is 65.4 Å². The molecule has 0 saturated carbocycles. The lowest BCUT2D eigenvalue weighted by Crippen LogP contribution is -2.36. The van der Waals surface area contributed by atoms with E-state index in [1.807, 2.05) is 4.52 Å². The highest BCUT2D eigenvalue weighted by Gasteiger charge is 2.23. The molecule has 5 N–H and O–H groups in total. The van der Waals surface area contributed by atoms with E-state index in [0.29, 0.717) is 11.8 Å². The summed E-state index contributed by atoms with van der Waals surface area (Å²) in [5.74, 6) is 6.64. The minimum absolute atomic E-state index is 0.386. The number of H-pyrrole nitrogens is 1. The second kappa shape index (κ2) is 9.36. The van der Waals surface area contributed by atoms with Gasteiger partial charge in [0, 0.05) is 48.2 Å².